The van der Waals surface area contributed by atoms with E-state index in [1.807, 2.05) is 13.0 Å². The van der Waals surface area contributed by atoms with E-state index in [0.29, 0.717) is 52.5 Å². The molecule has 2 aliphatic carbocycles. The van der Waals surface area contributed by atoms with E-state index in [2.05, 4.69) is 19.2 Å². The van der Waals surface area contributed by atoms with Crippen molar-refractivity contribution in [2.75, 3.05) is 21.3 Å². The number of hydrogen-bond donors (Lipinski definition) is 1. The van der Waals surface area contributed by atoms with Gasteiger partial charge in [-0.1, -0.05) is 20.3 Å². The van der Waals surface area contributed by atoms with E-state index in [-0.39, 0.29) is 23.3 Å². The van der Waals surface area contributed by atoms with Gasteiger partial charge in [-0.2, -0.15) is 0 Å². The minimum absolute atomic E-state index is 0.0288. The van der Waals surface area contributed by atoms with Gasteiger partial charge in [-0.05, 0) is 50.5 Å². The summed E-state index contributed by atoms with van der Waals surface area (Å²) >= 11 is 0. The van der Waals surface area contributed by atoms with Crippen LogP contribution < -0.4 is 19.5 Å². The summed E-state index contributed by atoms with van der Waals surface area (Å²) in [6, 6.07) is 3.56. The molecule has 0 amide bonds. The van der Waals surface area contributed by atoms with E-state index in [9.17, 15) is 9.59 Å². The highest BCUT2D eigenvalue weighted by atomic mass is 16.5. The zero-order chi connectivity index (χ0) is 25.3. The Bertz CT molecular complexity index is 1080. The Labute approximate surface area is 207 Å². The first-order chi connectivity index (χ1) is 16.7. The Morgan fingerprint density at radius 2 is 1.57 bits per heavy atom. The van der Waals surface area contributed by atoms with E-state index in [0.717, 1.165) is 31.4 Å². The number of hydrogen-bond acceptors (Lipinski definition) is 7. The maximum absolute atomic E-state index is 13.7. The molecule has 1 fully saturated rings. The van der Waals surface area contributed by atoms with Crippen LogP contribution in [0.5, 0.6) is 17.2 Å². The van der Waals surface area contributed by atoms with Crippen LogP contribution in [0.4, 0.5) is 0 Å². The van der Waals surface area contributed by atoms with Crippen molar-refractivity contribution in [1.82, 2.24) is 5.32 Å². The lowest BCUT2D eigenvalue weighted by atomic mass is 9.68. The molecule has 0 bridgehead atoms. The van der Waals surface area contributed by atoms with Gasteiger partial charge in [-0.3, -0.25) is 4.79 Å². The highest BCUT2D eigenvalue weighted by Crippen LogP contribution is 2.50. The van der Waals surface area contributed by atoms with Gasteiger partial charge in [0.1, 0.15) is 11.9 Å². The molecule has 7 nitrogen and oxygen atoms in total. The lowest BCUT2D eigenvalue weighted by Gasteiger charge is -2.40. The highest BCUT2D eigenvalue weighted by Gasteiger charge is 2.44. The Balaban J connectivity index is 1.87. The summed E-state index contributed by atoms with van der Waals surface area (Å²) in [6.07, 6.45) is 6.05. The van der Waals surface area contributed by atoms with Gasteiger partial charge in [0.15, 0.2) is 17.3 Å². The van der Waals surface area contributed by atoms with Crippen LogP contribution in [0.3, 0.4) is 0 Å². The maximum Gasteiger partial charge on any atom is 0.337 e. The summed E-state index contributed by atoms with van der Waals surface area (Å²) in [4.78, 5) is 27.3. The zero-order valence-electron chi connectivity index (χ0n) is 21.7. The Kier molecular flexibility index (Phi) is 7.15. The van der Waals surface area contributed by atoms with Crippen LogP contribution in [0.1, 0.15) is 77.2 Å². The number of ether oxygens (including phenoxy) is 4. The molecular weight excluding hydrogens is 446 g/mol. The van der Waals surface area contributed by atoms with Crippen LogP contribution in [-0.4, -0.2) is 39.2 Å². The normalized spacial score (nSPS) is 22.3. The molecule has 1 saturated carbocycles. The van der Waals surface area contributed by atoms with Gasteiger partial charge in [-0.25, -0.2) is 4.79 Å². The molecular formula is C28H37NO6. The van der Waals surface area contributed by atoms with Crippen LogP contribution in [0, 0.1) is 5.41 Å². The molecule has 1 heterocycles. The number of carbonyl (C=O) groups excluding carboxylic acids is 2. The molecule has 1 aromatic rings. The predicted molar refractivity (Wildman–Crippen MR) is 133 cm³/mol. The summed E-state index contributed by atoms with van der Waals surface area (Å²) in [6.45, 7) is 6.07. The predicted octanol–water partition coefficient (Wildman–Crippen LogP) is 5.19. The van der Waals surface area contributed by atoms with E-state index in [1.54, 1.807) is 27.4 Å². The fourth-order valence-electron chi connectivity index (χ4n) is 5.69. The SMILES string of the molecule is COc1cc(OC)c([C@H]2C(C(=O)OC3CCCCC3)=C(C)NC3=C2C(=O)CC(C)(C)C3)cc1OC. The number of rotatable bonds is 6. The molecule has 190 valence electrons. The standard InChI is InChI=1S/C28H37NO6/c1-16-24(27(31)35-17-10-8-7-9-11-17)25(26-19(29-16)14-28(2,3)15-20(26)30)18-12-22(33-5)23(34-6)13-21(18)32-4/h12-13,17,25,29H,7-11,14-15H2,1-6H3/t25-/m0/s1. The van der Waals surface area contributed by atoms with Crippen molar-refractivity contribution in [1.29, 1.82) is 0 Å². The van der Waals surface area contributed by atoms with Gasteiger partial charge < -0.3 is 24.3 Å². The number of dihydropyridines is 1. The van der Waals surface area contributed by atoms with E-state index >= 15 is 0 Å². The number of methoxy groups -OCH3 is 3. The van der Waals surface area contributed by atoms with Gasteiger partial charge in [-0.15, -0.1) is 0 Å². The second-order valence-electron chi connectivity index (χ2n) is 10.5. The molecule has 4 rings (SSSR count). The molecule has 7 heteroatoms. The topological polar surface area (TPSA) is 83.1 Å². The first-order valence-corrected chi connectivity index (χ1v) is 12.4. The van der Waals surface area contributed by atoms with Crippen molar-refractivity contribution in [2.45, 2.75) is 77.7 Å². The molecule has 1 aliphatic heterocycles. The lowest BCUT2D eigenvalue weighted by Crippen LogP contribution is -2.39. The van der Waals surface area contributed by atoms with Crippen LogP contribution >= 0.6 is 0 Å². The monoisotopic (exact) mass is 483 g/mol. The molecule has 35 heavy (non-hydrogen) atoms. The Morgan fingerprint density at radius 1 is 0.943 bits per heavy atom. The van der Waals surface area contributed by atoms with Gasteiger partial charge in [0.05, 0.1) is 32.8 Å². The molecule has 0 aromatic heterocycles. The molecule has 0 spiro atoms. The Morgan fingerprint density at radius 3 is 2.20 bits per heavy atom. The number of carbonyl (C=O) groups is 2. The first-order valence-electron chi connectivity index (χ1n) is 12.4. The van der Waals surface area contributed by atoms with E-state index < -0.39 is 5.92 Å². The second-order valence-corrected chi connectivity index (χ2v) is 10.5. The number of esters is 1. The third kappa shape index (κ3) is 4.91. The second kappa shape index (κ2) is 9.96. The van der Waals surface area contributed by atoms with Crippen molar-refractivity contribution >= 4 is 11.8 Å². The lowest BCUT2D eigenvalue weighted by molar-refractivity contribution is -0.146. The third-order valence-electron chi connectivity index (χ3n) is 7.33. The zero-order valence-corrected chi connectivity index (χ0v) is 21.7. The summed E-state index contributed by atoms with van der Waals surface area (Å²) in [5, 5.41) is 3.40. The fourth-order valence-corrected chi connectivity index (χ4v) is 5.69. The molecule has 0 saturated heterocycles. The average Bonchev–Trinajstić information content (AvgIpc) is 2.81. The van der Waals surface area contributed by atoms with Crippen molar-refractivity contribution in [3.63, 3.8) is 0 Å². The van der Waals surface area contributed by atoms with Crippen LogP contribution in [0.25, 0.3) is 0 Å². The summed E-state index contributed by atoms with van der Waals surface area (Å²) < 4.78 is 22.8. The highest BCUT2D eigenvalue weighted by molar-refractivity contribution is 6.04. The smallest absolute Gasteiger partial charge is 0.337 e. The maximum atomic E-state index is 13.7. The minimum atomic E-state index is -0.624. The first kappa shape index (κ1) is 25.1. The third-order valence-corrected chi connectivity index (χ3v) is 7.33. The van der Waals surface area contributed by atoms with Gasteiger partial charge in [0.2, 0.25) is 0 Å². The number of allylic oxidation sites excluding steroid dienone is 3. The molecule has 1 N–H and O–H groups in total. The largest absolute Gasteiger partial charge is 0.496 e. The van der Waals surface area contributed by atoms with E-state index in [4.69, 9.17) is 18.9 Å². The van der Waals surface area contributed by atoms with Crippen LogP contribution in [-0.2, 0) is 14.3 Å². The number of Topliss-reactive ketones (excluding diaryl/α,β-unsaturated/α-hetero) is 1. The van der Waals surface area contributed by atoms with Crippen LogP contribution in [0.15, 0.2) is 34.7 Å². The minimum Gasteiger partial charge on any atom is -0.496 e. The summed E-state index contributed by atoms with van der Waals surface area (Å²) in [5.74, 6) is 0.564. The average molecular weight is 484 g/mol. The van der Waals surface area contributed by atoms with Crippen LogP contribution in [0.2, 0.25) is 0 Å². The fraction of sp³-hybridized carbons (Fsp3) is 0.571. The molecule has 1 atom stereocenters. The van der Waals surface area contributed by atoms with Gasteiger partial charge >= 0.3 is 5.97 Å². The molecule has 0 unspecified atom stereocenters. The van der Waals surface area contributed by atoms with Crippen molar-refractivity contribution in [3.8, 4) is 17.2 Å². The number of nitrogens with one attached hydrogen (secondary N) is 1. The summed E-state index contributed by atoms with van der Waals surface area (Å²) in [5.41, 5.74) is 3.14. The van der Waals surface area contributed by atoms with Crippen molar-refractivity contribution in [2.24, 2.45) is 5.41 Å². The number of benzene rings is 1. The molecule has 1 aromatic carbocycles. The summed E-state index contributed by atoms with van der Waals surface area (Å²) in [7, 11) is 4.70. The van der Waals surface area contributed by atoms with Gasteiger partial charge in [0, 0.05) is 35.0 Å². The quantitative estimate of drug-likeness (QED) is 0.557. The van der Waals surface area contributed by atoms with E-state index in [1.165, 1.54) is 6.42 Å². The Hall–Kier alpha value is -2.96. The number of ketones is 1. The van der Waals surface area contributed by atoms with Crippen molar-refractivity contribution in [3.05, 3.63) is 40.2 Å². The molecule has 3 aliphatic rings. The van der Waals surface area contributed by atoms with Gasteiger partial charge in [0.25, 0.3) is 0 Å². The molecule has 0 radical (unpaired) electrons. The van der Waals surface area contributed by atoms with Crippen molar-refractivity contribution < 1.29 is 28.5 Å².